The Balaban J connectivity index is 2.69. The van der Waals surface area contributed by atoms with Gasteiger partial charge in [0, 0.05) is 12.6 Å². The Morgan fingerprint density at radius 2 is 2.00 bits per heavy atom. The van der Waals surface area contributed by atoms with Gasteiger partial charge < -0.3 is 14.6 Å². The maximum absolute atomic E-state index is 11.1. The molecule has 1 aromatic heterocycles. The van der Waals surface area contributed by atoms with E-state index in [4.69, 9.17) is 14.6 Å². The summed E-state index contributed by atoms with van der Waals surface area (Å²) < 4.78 is 12.3. The van der Waals surface area contributed by atoms with Gasteiger partial charge in [0.15, 0.2) is 5.69 Å². The number of aromatic carboxylic acids is 1. The minimum absolute atomic E-state index is 0.0110. The normalized spacial score (nSPS) is 10.5. The number of carboxylic acid groups (broad SMARTS) is 1. The molecular weight excluding hydrogens is 292 g/mol. The van der Waals surface area contributed by atoms with Crippen molar-refractivity contribution in [2.24, 2.45) is 7.05 Å². The van der Waals surface area contributed by atoms with Gasteiger partial charge in [0.2, 0.25) is 0 Å². The Bertz CT molecular complexity index is 682. The average molecular weight is 308 g/mol. The second-order valence-electron chi connectivity index (χ2n) is 4.25. The van der Waals surface area contributed by atoms with E-state index in [1.165, 1.54) is 22.5 Å². The van der Waals surface area contributed by atoms with Crippen molar-refractivity contribution >= 4 is 17.7 Å². The van der Waals surface area contributed by atoms with Crippen molar-refractivity contribution < 1.29 is 19.4 Å². The van der Waals surface area contributed by atoms with E-state index in [-0.39, 0.29) is 5.69 Å². The number of methoxy groups -OCH3 is 2. The first-order valence-corrected chi connectivity index (χ1v) is 7.32. The van der Waals surface area contributed by atoms with Gasteiger partial charge >= 0.3 is 5.97 Å². The molecule has 1 N–H and O–H groups in total. The lowest BCUT2D eigenvalue weighted by molar-refractivity contribution is 0.0689. The third-order valence-electron chi connectivity index (χ3n) is 3.06. The summed E-state index contributed by atoms with van der Waals surface area (Å²) in [6.45, 7) is 0. The molecule has 1 heterocycles. The predicted octanol–water partition coefficient (Wildman–Crippen LogP) is 2.52. The molecule has 6 nitrogen and oxygen atoms in total. The smallest absolute Gasteiger partial charge is 0.356 e. The predicted molar refractivity (Wildman–Crippen MR) is 80.5 cm³/mol. The number of thioether (sulfide) groups is 1. The third-order valence-corrected chi connectivity index (χ3v) is 3.81. The summed E-state index contributed by atoms with van der Waals surface area (Å²) in [5.41, 5.74) is 1.38. The fourth-order valence-corrected chi connectivity index (χ4v) is 2.68. The van der Waals surface area contributed by atoms with E-state index in [0.29, 0.717) is 17.2 Å². The van der Waals surface area contributed by atoms with E-state index in [1.807, 2.05) is 12.3 Å². The highest BCUT2D eigenvalue weighted by Crippen LogP contribution is 2.41. The number of rotatable bonds is 5. The van der Waals surface area contributed by atoms with Crippen LogP contribution in [0.15, 0.2) is 23.1 Å². The molecule has 0 spiro atoms. The topological polar surface area (TPSA) is 73.6 Å². The second kappa shape index (κ2) is 6.09. The minimum atomic E-state index is -1.07. The fraction of sp³-hybridized carbons (Fsp3) is 0.286. The van der Waals surface area contributed by atoms with Crippen molar-refractivity contribution in [3.05, 3.63) is 23.9 Å². The molecule has 0 aliphatic heterocycles. The van der Waals surface area contributed by atoms with Gasteiger partial charge in [-0.2, -0.15) is 5.10 Å². The fourth-order valence-electron chi connectivity index (χ4n) is 2.07. The number of ether oxygens (including phenoxy) is 2. The van der Waals surface area contributed by atoms with Crippen LogP contribution in [0.4, 0.5) is 0 Å². The molecule has 0 radical (unpaired) electrons. The molecule has 0 aliphatic rings. The van der Waals surface area contributed by atoms with Crippen molar-refractivity contribution in [3.63, 3.8) is 0 Å². The van der Waals surface area contributed by atoms with E-state index in [2.05, 4.69) is 5.10 Å². The molecule has 112 valence electrons. The first-order valence-electron chi connectivity index (χ1n) is 6.09. The van der Waals surface area contributed by atoms with Gasteiger partial charge in [-0.25, -0.2) is 4.79 Å². The largest absolute Gasteiger partial charge is 0.497 e. The molecule has 2 rings (SSSR count). The van der Waals surface area contributed by atoms with Crippen LogP contribution in [-0.4, -0.2) is 41.3 Å². The zero-order valence-electron chi connectivity index (χ0n) is 12.2. The molecule has 0 bridgehead atoms. The molecule has 0 amide bonds. The SMILES string of the molecule is COc1cc(SC)c(OC)c(-c2cc(C(=O)O)nn2C)c1. The molecule has 0 fully saturated rings. The Kier molecular flexibility index (Phi) is 4.42. The quantitative estimate of drug-likeness (QED) is 0.856. The van der Waals surface area contributed by atoms with Crippen molar-refractivity contribution in [3.8, 4) is 22.8 Å². The lowest BCUT2D eigenvalue weighted by Gasteiger charge is -2.14. The van der Waals surface area contributed by atoms with Gasteiger partial charge in [-0.05, 0) is 24.5 Å². The van der Waals surface area contributed by atoms with Gasteiger partial charge in [-0.15, -0.1) is 11.8 Å². The summed E-state index contributed by atoms with van der Waals surface area (Å²) in [4.78, 5) is 12.0. The first kappa shape index (κ1) is 15.2. The monoisotopic (exact) mass is 308 g/mol. The molecule has 0 saturated carbocycles. The number of benzene rings is 1. The van der Waals surface area contributed by atoms with Crippen LogP contribution in [0.2, 0.25) is 0 Å². The molecular formula is C14H16N2O4S. The van der Waals surface area contributed by atoms with Crippen molar-refractivity contribution in [2.75, 3.05) is 20.5 Å². The van der Waals surface area contributed by atoms with E-state index >= 15 is 0 Å². The highest BCUT2D eigenvalue weighted by atomic mass is 32.2. The highest BCUT2D eigenvalue weighted by Gasteiger charge is 2.19. The number of hydrogen-bond acceptors (Lipinski definition) is 5. The number of carbonyl (C=O) groups is 1. The van der Waals surface area contributed by atoms with Crippen LogP contribution in [0.3, 0.4) is 0 Å². The van der Waals surface area contributed by atoms with Crippen LogP contribution in [0.5, 0.6) is 11.5 Å². The summed E-state index contributed by atoms with van der Waals surface area (Å²) in [6.07, 6.45) is 1.94. The summed E-state index contributed by atoms with van der Waals surface area (Å²) in [5, 5.41) is 13.0. The maximum atomic E-state index is 11.1. The van der Waals surface area contributed by atoms with Crippen LogP contribution in [0, 0.1) is 0 Å². The number of aromatic nitrogens is 2. The summed E-state index contributed by atoms with van der Waals surface area (Å²) in [7, 11) is 4.86. The van der Waals surface area contributed by atoms with Gasteiger partial charge in [0.05, 0.1) is 24.8 Å². The van der Waals surface area contributed by atoms with Gasteiger partial charge in [0.1, 0.15) is 11.5 Å². The summed E-state index contributed by atoms with van der Waals surface area (Å²) >= 11 is 1.53. The molecule has 0 atom stereocenters. The third kappa shape index (κ3) is 2.82. The number of aryl methyl sites for hydroxylation is 1. The molecule has 0 unspecified atom stereocenters. The molecule has 7 heteroatoms. The van der Waals surface area contributed by atoms with Crippen LogP contribution >= 0.6 is 11.8 Å². The molecule has 21 heavy (non-hydrogen) atoms. The molecule has 2 aromatic rings. The van der Waals surface area contributed by atoms with E-state index < -0.39 is 5.97 Å². The lowest BCUT2D eigenvalue weighted by atomic mass is 10.1. The molecule has 1 aromatic carbocycles. The minimum Gasteiger partial charge on any atom is -0.497 e. The van der Waals surface area contributed by atoms with Gasteiger partial charge in [-0.3, -0.25) is 4.68 Å². The Hall–Kier alpha value is -2.15. The maximum Gasteiger partial charge on any atom is 0.356 e. The molecule has 0 aliphatic carbocycles. The van der Waals surface area contributed by atoms with Crippen LogP contribution in [0.25, 0.3) is 11.3 Å². The van der Waals surface area contributed by atoms with Crippen LogP contribution in [0.1, 0.15) is 10.5 Å². The highest BCUT2D eigenvalue weighted by molar-refractivity contribution is 7.98. The average Bonchev–Trinajstić information content (AvgIpc) is 2.87. The Morgan fingerprint density at radius 3 is 2.48 bits per heavy atom. The van der Waals surface area contributed by atoms with Crippen LogP contribution in [-0.2, 0) is 7.05 Å². The van der Waals surface area contributed by atoms with Crippen molar-refractivity contribution in [1.82, 2.24) is 9.78 Å². The number of carboxylic acids is 1. The Labute approximate surface area is 126 Å². The van der Waals surface area contributed by atoms with Gasteiger partial charge in [-0.1, -0.05) is 0 Å². The van der Waals surface area contributed by atoms with Gasteiger partial charge in [0.25, 0.3) is 0 Å². The second-order valence-corrected chi connectivity index (χ2v) is 5.10. The zero-order valence-corrected chi connectivity index (χ0v) is 13.0. The summed E-state index contributed by atoms with van der Waals surface area (Å²) in [5.74, 6) is 0.278. The van der Waals surface area contributed by atoms with E-state index in [9.17, 15) is 4.79 Å². The number of nitrogens with zero attached hydrogens (tertiary/aromatic N) is 2. The first-order chi connectivity index (χ1) is 10.0. The van der Waals surface area contributed by atoms with Crippen LogP contribution < -0.4 is 9.47 Å². The zero-order chi connectivity index (χ0) is 15.6. The molecule has 0 saturated heterocycles. The van der Waals surface area contributed by atoms with E-state index in [0.717, 1.165) is 10.5 Å². The standard InChI is InChI=1S/C14H16N2O4S/c1-16-11(7-10(15-16)14(17)18)9-5-8(19-2)6-12(21-4)13(9)20-3/h5-7H,1-4H3,(H,17,18). The Morgan fingerprint density at radius 1 is 1.29 bits per heavy atom. The summed E-state index contributed by atoms with van der Waals surface area (Å²) in [6, 6.07) is 5.20. The van der Waals surface area contributed by atoms with Crippen molar-refractivity contribution in [1.29, 1.82) is 0 Å². The number of hydrogen-bond donors (Lipinski definition) is 1. The van der Waals surface area contributed by atoms with E-state index in [1.54, 1.807) is 27.3 Å². The lowest BCUT2D eigenvalue weighted by Crippen LogP contribution is -2.00. The van der Waals surface area contributed by atoms with Crippen molar-refractivity contribution in [2.45, 2.75) is 4.90 Å².